The van der Waals surface area contributed by atoms with Crippen LogP contribution in [0.5, 0.6) is 0 Å². The molecular weight excluding hydrogens is 272 g/mol. The van der Waals surface area contributed by atoms with Crippen molar-refractivity contribution in [2.75, 3.05) is 0 Å². The molecule has 21 heavy (non-hydrogen) atoms. The summed E-state index contributed by atoms with van der Waals surface area (Å²) in [6.07, 6.45) is 1.04. The number of benzene rings is 1. The number of carboxylic acid groups (broad SMARTS) is 1. The molecule has 1 heterocycles. The molecule has 1 aromatic carbocycles. The number of carbonyl (C=O) groups is 1. The van der Waals surface area contributed by atoms with Gasteiger partial charge in [-0.15, -0.1) is 0 Å². The summed E-state index contributed by atoms with van der Waals surface area (Å²) in [6.45, 7) is 6.20. The van der Waals surface area contributed by atoms with Crippen LogP contribution in [0.2, 0.25) is 0 Å². The summed E-state index contributed by atoms with van der Waals surface area (Å²) in [5, 5.41) is 8.94. The van der Waals surface area contributed by atoms with Crippen LogP contribution >= 0.6 is 0 Å². The molecule has 1 aromatic heterocycles. The quantitative estimate of drug-likeness (QED) is 0.876. The fraction of sp³-hybridized carbons (Fsp3) is 0.267. The van der Waals surface area contributed by atoms with Crippen molar-refractivity contribution in [3.05, 3.63) is 62.4 Å². The van der Waals surface area contributed by atoms with E-state index >= 15 is 0 Å². The molecule has 6 heteroatoms. The van der Waals surface area contributed by atoms with Gasteiger partial charge in [-0.25, -0.2) is 9.59 Å². The van der Waals surface area contributed by atoms with Crippen molar-refractivity contribution < 1.29 is 9.90 Å². The number of aromatic nitrogens is 2. The second kappa shape index (κ2) is 5.05. The lowest BCUT2D eigenvalue weighted by atomic mass is 9.87. The Kier molecular flexibility index (Phi) is 3.55. The summed E-state index contributed by atoms with van der Waals surface area (Å²) in [5.41, 5.74) is -0.507. The zero-order valence-electron chi connectivity index (χ0n) is 12.0. The van der Waals surface area contributed by atoms with E-state index in [1.165, 1.54) is 0 Å². The molecule has 0 saturated carbocycles. The van der Waals surface area contributed by atoms with Gasteiger partial charge in [0.05, 0.1) is 5.69 Å². The van der Waals surface area contributed by atoms with Gasteiger partial charge in [0.1, 0.15) is 5.56 Å². The maximum atomic E-state index is 11.8. The molecule has 0 amide bonds. The van der Waals surface area contributed by atoms with Crippen LogP contribution in [0.15, 0.2) is 40.1 Å². The van der Waals surface area contributed by atoms with Gasteiger partial charge in [-0.05, 0) is 23.1 Å². The lowest BCUT2D eigenvalue weighted by molar-refractivity contribution is 0.0694. The van der Waals surface area contributed by atoms with Crippen LogP contribution in [0, 0.1) is 0 Å². The highest BCUT2D eigenvalue weighted by Gasteiger charge is 2.15. The zero-order valence-corrected chi connectivity index (χ0v) is 12.0. The molecule has 0 bridgehead atoms. The van der Waals surface area contributed by atoms with Crippen molar-refractivity contribution in [3.63, 3.8) is 0 Å². The van der Waals surface area contributed by atoms with E-state index in [0.29, 0.717) is 5.69 Å². The molecule has 0 fully saturated rings. The first-order valence-electron chi connectivity index (χ1n) is 6.40. The van der Waals surface area contributed by atoms with Crippen molar-refractivity contribution in [2.45, 2.75) is 26.2 Å². The van der Waals surface area contributed by atoms with Crippen LogP contribution in [0.4, 0.5) is 0 Å². The molecule has 2 N–H and O–H groups in total. The van der Waals surface area contributed by atoms with Crippen molar-refractivity contribution in [1.82, 2.24) is 9.55 Å². The van der Waals surface area contributed by atoms with Crippen LogP contribution in [0.3, 0.4) is 0 Å². The molecule has 110 valence electrons. The predicted octanol–water partition coefficient (Wildman–Crippen LogP) is 1.52. The molecule has 0 aliphatic rings. The minimum Gasteiger partial charge on any atom is -0.477 e. The van der Waals surface area contributed by atoms with E-state index in [-0.39, 0.29) is 5.41 Å². The number of rotatable bonds is 2. The monoisotopic (exact) mass is 288 g/mol. The molecule has 0 spiro atoms. The fourth-order valence-electron chi connectivity index (χ4n) is 1.94. The van der Waals surface area contributed by atoms with E-state index in [9.17, 15) is 14.4 Å². The van der Waals surface area contributed by atoms with Crippen molar-refractivity contribution in [1.29, 1.82) is 0 Å². The lowest BCUT2D eigenvalue weighted by Crippen LogP contribution is -2.32. The number of aromatic amines is 1. The van der Waals surface area contributed by atoms with Gasteiger partial charge >= 0.3 is 11.7 Å². The second-order valence-corrected chi connectivity index (χ2v) is 5.77. The third-order valence-corrected chi connectivity index (χ3v) is 3.18. The Balaban J connectivity index is 2.57. The molecule has 0 radical (unpaired) electrons. The number of carboxylic acids is 1. The number of H-pyrrole nitrogens is 1. The Morgan fingerprint density at radius 3 is 2.19 bits per heavy atom. The van der Waals surface area contributed by atoms with Gasteiger partial charge in [0, 0.05) is 6.20 Å². The molecular formula is C15H16N2O4. The highest BCUT2D eigenvalue weighted by atomic mass is 16.4. The topological polar surface area (TPSA) is 92.2 Å². The molecule has 0 aliphatic heterocycles. The van der Waals surface area contributed by atoms with Gasteiger partial charge in [-0.2, -0.15) is 0 Å². The summed E-state index contributed by atoms with van der Waals surface area (Å²) in [5.74, 6) is -1.38. The molecule has 2 aromatic rings. The first-order chi connectivity index (χ1) is 9.70. The average Bonchev–Trinajstić information content (AvgIpc) is 2.37. The van der Waals surface area contributed by atoms with Crippen LogP contribution in [0.1, 0.15) is 36.7 Å². The maximum absolute atomic E-state index is 11.8. The van der Waals surface area contributed by atoms with Crippen molar-refractivity contribution >= 4 is 5.97 Å². The largest absolute Gasteiger partial charge is 0.477 e. The Labute approximate surface area is 120 Å². The first kappa shape index (κ1) is 14.8. The van der Waals surface area contributed by atoms with Gasteiger partial charge in [-0.3, -0.25) is 14.3 Å². The maximum Gasteiger partial charge on any atom is 0.342 e. The third-order valence-electron chi connectivity index (χ3n) is 3.18. The normalized spacial score (nSPS) is 11.4. The standard InChI is InChI=1S/C15H16N2O4/c1-15(2,3)9-4-6-10(7-5-9)17-8-11(13(19)20)12(18)16-14(17)21/h4-8H,1-3H3,(H,19,20)(H,16,18,21). The van der Waals surface area contributed by atoms with Gasteiger partial charge in [0.25, 0.3) is 5.56 Å². The number of hydrogen-bond acceptors (Lipinski definition) is 3. The average molecular weight is 288 g/mol. The fourth-order valence-corrected chi connectivity index (χ4v) is 1.94. The third kappa shape index (κ3) is 2.94. The van der Waals surface area contributed by atoms with E-state index in [2.05, 4.69) is 20.8 Å². The smallest absolute Gasteiger partial charge is 0.342 e. The Morgan fingerprint density at radius 2 is 1.71 bits per heavy atom. The van der Waals surface area contributed by atoms with E-state index < -0.39 is 22.8 Å². The summed E-state index contributed by atoms with van der Waals surface area (Å²) in [6, 6.07) is 7.17. The van der Waals surface area contributed by atoms with E-state index in [0.717, 1.165) is 16.3 Å². The minimum atomic E-state index is -1.38. The number of nitrogens with one attached hydrogen (secondary N) is 1. The predicted molar refractivity (Wildman–Crippen MR) is 78.3 cm³/mol. The molecule has 0 unspecified atom stereocenters. The number of aromatic carboxylic acids is 1. The van der Waals surface area contributed by atoms with Gasteiger partial charge in [0.2, 0.25) is 0 Å². The van der Waals surface area contributed by atoms with Crippen LogP contribution < -0.4 is 11.2 Å². The van der Waals surface area contributed by atoms with Crippen molar-refractivity contribution in [3.8, 4) is 5.69 Å². The second-order valence-electron chi connectivity index (χ2n) is 5.77. The van der Waals surface area contributed by atoms with Crippen molar-refractivity contribution in [2.24, 2.45) is 0 Å². The van der Waals surface area contributed by atoms with E-state index in [1.807, 2.05) is 17.1 Å². The highest BCUT2D eigenvalue weighted by Crippen LogP contribution is 2.22. The number of nitrogens with zero attached hydrogens (tertiary/aromatic N) is 1. The van der Waals surface area contributed by atoms with E-state index in [4.69, 9.17) is 5.11 Å². The Morgan fingerprint density at radius 1 is 1.14 bits per heavy atom. The minimum absolute atomic E-state index is 0.0271. The summed E-state index contributed by atoms with van der Waals surface area (Å²) >= 11 is 0. The summed E-state index contributed by atoms with van der Waals surface area (Å²) in [7, 11) is 0. The number of hydrogen-bond donors (Lipinski definition) is 2. The lowest BCUT2D eigenvalue weighted by Gasteiger charge is -2.19. The Hall–Kier alpha value is -2.63. The zero-order chi connectivity index (χ0) is 15.8. The SMILES string of the molecule is CC(C)(C)c1ccc(-n2cc(C(=O)O)c(=O)[nH]c2=O)cc1. The first-order valence-corrected chi connectivity index (χ1v) is 6.40. The van der Waals surface area contributed by atoms with Gasteiger partial charge < -0.3 is 5.11 Å². The van der Waals surface area contributed by atoms with Gasteiger partial charge in [0.15, 0.2) is 0 Å². The molecule has 2 rings (SSSR count). The Bertz CT molecular complexity index is 792. The molecule has 6 nitrogen and oxygen atoms in total. The summed E-state index contributed by atoms with van der Waals surface area (Å²) < 4.78 is 1.11. The molecule has 0 atom stereocenters. The highest BCUT2D eigenvalue weighted by molar-refractivity contribution is 5.86. The van der Waals surface area contributed by atoms with Crippen LogP contribution in [-0.4, -0.2) is 20.6 Å². The van der Waals surface area contributed by atoms with Crippen LogP contribution in [-0.2, 0) is 5.41 Å². The van der Waals surface area contributed by atoms with E-state index in [1.54, 1.807) is 12.1 Å². The van der Waals surface area contributed by atoms with Gasteiger partial charge in [-0.1, -0.05) is 32.9 Å². The molecule has 0 aliphatic carbocycles. The molecule has 0 saturated heterocycles. The summed E-state index contributed by atoms with van der Waals surface area (Å²) in [4.78, 5) is 36.2. The van der Waals surface area contributed by atoms with Crippen LogP contribution in [0.25, 0.3) is 5.69 Å².